The van der Waals surface area contributed by atoms with Crippen molar-refractivity contribution in [2.75, 3.05) is 13.2 Å². The number of hydrogen-bond donors (Lipinski definition) is 0. The summed E-state index contributed by atoms with van der Waals surface area (Å²) >= 11 is 0. The van der Waals surface area contributed by atoms with Crippen LogP contribution < -0.4 is 0 Å². The Morgan fingerprint density at radius 2 is 1.39 bits per heavy atom. The first-order valence-electron chi connectivity index (χ1n) is 7.73. The van der Waals surface area contributed by atoms with E-state index < -0.39 is 0 Å². The molecular formula is C16H32O2. The van der Waals surface area contributed by atoms with Gasteiger partial charge in [0.05, 0.1) is 0 Å². The van der Waals surface area contributed by atoms with Crippen molar-refractivity contribution in [3.05, 3.63) is 12.2 Å². The minimum Gasteiger partial charge on any atom is -0.353 e. The molecule has 0 saturated heterocycles. The third-order valence-electron chi connectivity index (χ3n) is 2.91. The van der Waals surface area contributed by atoms with Crippen LogP contribution in [0.2, 0.25) is 0 Å². The molecule has 0 aliphatic rings. The summed E-state index contributed by atoms with van der Waals surface area (Å²) in [6, 6.07) is 0. The Hall–Kier alpha value is -0.340. The maximum Gasteiger partial charge on any atom is 0.157 e. The first-order valence-corrected chi connectivity index (χ1v) is 7.73. The van der Waals surface area contributed by atoms with Gasteiger partial charge in [-0.3, -0.25) is 0 Å². The molecule has 2 nitrogen and oxygen atoms in total. The second-order valence-electron chi connectivity index (χ2n) is 4.59. The zero-order valence-electron chi connectivity index (χ0n) is 12.6. The Morgan fingerprint density at radius 1 is 0.778 bits per heavy atom. The van der Waals surface area contributed by atoms with Crippen molar-refractivity contribution in [3.63, 3.8) is 0 Å². The SMILES string of the molecule is CCCCCCC=CCCCC(OCC)OCC. The van der Waals surface area contributed by atoms with Gasteiger partial charge in [-0.2, -0.15) is 0 Å². The molecule has 0 rings (SSSR count). The Bertz CT molecular complexity index is 172. The second kappa shape index (κ2) is 14.7. The van der Waals surface area contributed by atoms with Gasteiger partial charge in [-0.1, -0.05) is 38.3 Å². The molecule has 0 atom stereocenters. The highest BCUT2D eigenvalue weighted by Crippen LogP contribution is 2.08. The van der Waals surface area contributed by atoms with E-state index in [1.54, 1.807) is 0 Å². The van der Waals surface area contributed by atoms with Gasteiger partial charge in [-0.15, -0.1) is 0 Å². The second-order valence-corrected chi connectivity index (χ2v) is 4.59. The standard InChI is InChI=1S/C16H32O2/c1-4-7-8-9-10-11-12-13-14-15-16(17-5-2)18-6-3/h11-12,16H,4-10,13-15H2,1-3H3. The molecule has 2 heteroatoms. The van der Waals surface area contributed by atoms with Crippen molar-refractivity contribution in [1.82, 2.24) is 0 Å². The maximum absolute atomic E-state index is 5.51. The van der Waals surface area contributed by atoms with Crippen molar-refractivity contribution in [2.45, 2.75) is 78.4 Å². The lowest BCUT2D eigenvalue weighted by molar-refractivity contribution is -0.139. The highest BCUT2D eigenvalue weighted by atomic mass is 16.7. The average Bonchev–Trinajstić information content (AvgIpc) is 2.37. The molecule has 108 valence electrons. The molecule has 0 aromatic heterocycles. The van der Waals surface area contributed by atoms with Crippen molar-refractivity contribution in [3.8, 4) is 0 Å². The van der Waals surface area contributed by atoms with Crippen LogP contribution in [-0.4, -0.2) is 19.5 Å². The Kier molecular flexibility index (Phi) is 14.4. The molecular weight excluding hydrogens is 224 g/mol. The van der Waals surface area contributed by atoms with Gasteiger partial charge in [0.2, 0.25) is 0 Å². The predicted octanol–water partition coefficient (Wildman–Crippen LogP) is 5.08. The zero-order chi connectivity index (χ0) is 13.5. The quantitative estimate of drug-likeness (QED) is 0.260. The van der Waals surface area contributed by atoms with Gasteiger partial charge in [-0.25, -0.2) is 0 Å². The predicted molar refractivity (Wildman–Crippen MR) is 78.8 cm³/mol. The minimum atomic E-state index is -0.00189. The van der Waals surface area contributed by atoms with E-state index in [-0.39, 0.29) is 6.29 Å². The van der Waals surface area contributed by atoms with Crippen LogP contribution in [0.4, 0.5) is 0 Å². The fourth-order valence-corrected chi connectivity index (χ4v) is 1.91. The number of ether oxygens (including phenoxy) is 2. The van der Waals surface area contributed by atoms with E-state index >= 15 is 0 Å². The van der Waals surface area contributed by atoms with E-state index in [4.69, 9.17) is 9.47 Å². The van der Waals surface area contributed by atoms with Gasteiger partial charge < -0.3 is 9.47 Å². The van der Waals surface area contributed by atoms with E-state index in [2.05, 4.69) is 19.1 Å². The summed E-state index contributed by atoms with van der Waals surface area (Å²) in [5.74, 6) is 0. The lowest BCUT2D eigenvalue weighted by Gasteiger charge is -2.15. The summed E-state index contributed by atoms with van der Waals surface area (Å²) < 4.78 is 11.0. The first-order chi connectivity index (χ1) is 8.85. The van der Waals surface area contributed by atoms with Gasteiger partial charge in [0.25, 0.3) is 0 Å². The highest BCUT2D eigenvalue weighted by molar-refractivity contribution is 4.81. The van der Waals surface area contributed by atoms with E-state index in [0.29, 0.717) is 0 Å². The Labute approximate surface area is 114 Å². The third-order valence-corrected chi connectivity index (χ3v) is 2.91. The van der Waals surface area contributed by atoms with Crippen LogP contribution in [0.5, 0.6) is 0 Å². The molecule has 0 aromatic rings. The maximum atomic E-state index is 5.51. The Balaban J connectivity index is 3.37. The summed E-state index contributed by atoms with van der Waals surface area (Å²) in [6.07, 6.45) is 14.6. The average molecular weight is 256 g/mol. The molecule has 0 radical (unpaired) electrons. The summed E-state index contributed by atoms with van der Waals surface area (Å²) in [7, 11) is 0. The van der Waals surface area contributed by atoms with Crippen LogP contribution in [0, 0.1) is 0 Å². The molecule has 0 spiro atoms. The lowest BCUT2D eigenvalue weighted by Crippen LogP contribution is -2.16. The molecule has 0 saturated carbocycles. The third kappa shape index (κ3) is 12.1. The van der Waals surface area contributed by atoms with E-state index in [9.17, 15) is 0 Å². The first kappa shape index (κ1) is 17.7. The largest absolute Gasteiger partial charge is 0.353 e. The number of unbranched alkanes of at least 4 members (excludes halogenated alkanes) is 5. The number of hydrogen-bond acceptors (Lipinski definition) is 2. The van der Waals surface area contributed by atoms with E-state index in [1.165, 1.54) is 32.1 Å². The van der Waals surface area contributed by atoms with Gasteiger partial charge >= 0.3 is 0 Å². The summed E-state index contributed by atoms with van der Waals surface area (Å²) in [5, 5.41) is 0. The van der Waals surface area contributed by atoms with E-state index in [1.807, 2.05) is 13.8 Å². The van der Waals surface area contributed by atoms with Gasteiger partial charge in [0, 0.05) is 13.2 Å². The molecule has 0 N–H and O–H groups in total. The fraction of sp³-hybridized carbons (Fsp3) is 0.875. The van der Waals surface area contributed by atoms with Crippen LogP contribution in [-0.2, 0) is 9.47 Å². The number of allylic oxidation sites excluding steroid dienone is 2. The fourth-order valence-electron chi connectivity index (χ4n) is 1.91. The molecule has 0 heterocycles. The number of rotatable bonds is 13. The monoisotopic (exact) mass is 256 g/mol. The molecule has 18 heavy (non-hydrogen) atoms. The molecule has 0 aliphatic heterocycles. The topological polar surface area (TPSA) is 18.5 Å². The summed E-state index contributed by atoms with van der Waals surface area (Å²) in [4.78, 5) is 0. The van der Waals surface area contributed by atoms with Crippen LogP contribution in [0.15, 0.2) is 12.2 Å². The van der Waals surface area contributed by atoms with Crippen LogP contribution >= 0.6 is 0 Å². The van der Waals surface area contributed by atoms with Crippen molar-refractivity contribution < 1.29 is 9.47 Å². The van der Waals surface area contributed by atoms with Gasteiger partial charge in [0.1, 0.15) is 0 Å². The Morgan fingerprint density at radius 3 is 1.94 bits per heavy atom. The van der Waals surface area contributed by atoms with Gasteiger partial charge in [0.15, 0.2) is 6.29 Å². The molecule has 0 fully saturated rings. The normalized spacial score (nSPS) is 11.8. The van der Waals surface area contributed by atoms with Crippen molar-refractivity contribution in [1.29, 1.82) is 0 Å². The van der Waals surface area contributed by atoms with Crippen molar-refractivity contribution in [2.24, 2.45) is 0 Å². The van der Waals surface area contributed by atoms with E-state index in [0.717, 1.165) is 32.5 Å². The van der Waals surface area contributed by atoms with Crippen LogP contribution in [0.3, 0.4) is 0 Å². The molecule has 0 amide bonds. The van der Waals surface area contributed by atoms with Crippen LogP contribution in [0.1, 0.15) is 72.1 Å². The minimum absolute atomic E-state index is 0.00189. The molecule has 0 bridgehead atoms. The summed E-state index contributed by atoms with van der Waals surface area (Å²) in [5.41, 5.74) is 0. The van der Waals surface area contributed by atoms with Crippen molar-refractivity contribution >= 4 is 0 Å². The molecule has 0 unspecified atom stereocenters. The summed E-state index contributed by atoms with van der Waals surface area (Å²) in [6.45, 7) is 7.75. The molecule has 0 aliphatic carbocycles. The highest BCUT2D eigenvalue weighted by Gasteiger charge is 2.05. The smallest absolute Gasteiger partial charge is 0.157 e. The van der Waals surface area contributed by atoms with Gasteiger partial charge in [-0.05, 0) is 46.0 Å². The molecule has 0 aromatic carbocycles. The zero-order valence-corrected chi connectivity index (χ0v) is 12.6. The van der Waals surface area contributed by atoms with Crippen LogP contribution in [0.25, 0.3) is 0 Å². The lowest BCUT2D eigenvalue weighted by atomic mass is 10.1.